The summed E-state index contributed by atoms with van der Waals surface area (Å²) in [6.07, 6.45) is 7.43. The Kier molecular flexibility index (Phi) is 5.95. The molecule has 0 aromatic heterocycles. The Morgan fingerprint density at radius 2 is 2.07 bits per heavy atom. The lowest BCUT2D eigenvalue weighted by Gasteiger charge is -2.39. The average Bonchev–Trinajstić information content (AvgIpc) is 3.38. The van der Waals surface area contributed by atoms with Gasteiger partial charge in [-0.2, -0.15) is 0 Å². The van der Waals surface area contributed by atoms with E-state index in [1.165, 1.54) is 44.1 Å². The molecule has 6 heteroatoms. The van der Waals surface area contributed by atoms with Gasteiger partial charge >= 0.3 is 0 Å². The predicted molar refractivity (Wildman–Crippen MR) is 110 cm³/mol. The monoisotopic (exact) mass is 387 g/mol. The summed E-state index contributed by atoms with van der Waals surface area (Å²) >= 11 is 0. The van der Waals surface area contributed by atoms with Gasteiger partial charge in [0.05, 0.1) is 6.61 Å². The van der Waals surface area contributed by atoms with Crippen LogP contribution < -0.4 is 14.8 Å². The van der Waals surface area contributed by atoms with Crippen LogP contribution >= 0.6 is 0 Å². The van der Waals surface area contributed by atoms with Crippen LogP contribution in [0.2, 0.25) is 0 Å². The van der Waals surface area contributed by atoms with Gasteiger partial charge in [0.2, 0.25) is 6.79 Å². The minimum absolute atomic E-state index is 0.126. The fraction of sp³-hybridized carbons (Fsp3) is 0.682. The third-order valence-electron chi connectivity index (χ3n) is 6.58. The molecule has 1 N–H and O–H groups in total. The second kappa shape index (κ2) is 8.60. The van der Waals surface area contributed by atoms with Crippen molar-refractivity contribution in [3.63, 3.8) is 0 Å². The summed E-state index contributed by atoms with van der Waals surface area (Å²) in [6, 6.07) is 6.50. The molecule has 0 bridgehead atoms. The van der Waals surface area contributed by atoms with Crippen LogP contribution in [0.5, 0.6) is 11.5 Å². The highest BCUT2D eigenvalue weighted by Gasteiger charge is 2.36. The fourth-order valence-corrected chi connectivity index (χ4v) is 5.00. The number of likely N-dealkylation sites (tertiary alicyclic amines) is 1. The van der Waals surface area contributed by atoms with Crippen LogP contribution in [0.15, 0.2) is 23.2 Å². The molecule has 0 spiro atoms. The molecule has 2 heterocycles. The van der Waals surface area contributed by atoms with E-state index in [0.29, 0.717) is 12.7 Å². The number of hydrogen-bond donors (Lipinski definition) is 1. The minimum atomic E-state index is 0.126. The number of methoxy groups -OCH3 is 1. The third kappa shape index (κ3) is 3.93. The van der Waals surface area contributed by atoms with E-state index in [0.717, 1.165) is 43.7 Å². The molecule has 1 aliphatic carbocycles. The van der Waals surface area contributed by atoms with Gasteiger partial charge in [0.25, 0.3) is 0 Å². The van der Waals surface area contributed by atoms with Gasteiger partial charge in [-0.3, -0.25) is 4.99 Å². The average molecular weight is 388 g/mol. The number of guanidine groups is 1. The summed E-state index contributed by atoms with van der Waals surface area (Å²) in [5.41, 5.74) is 1.49. The number of benzene rings is 1. The Morgan fingerprint density at radius 3 is 2.86 bits per heavy atom. The molecule has 1 aromatic rings. The SMILES string of the molecule is CN=C(NCC1(c2ccc3c(c2)OCO3)CCCCC1)N1CCC(COC)C1. The molecular formula is C22H33N3O3. The Labute approximate surface area is 168 Å². The second-order valence-electron chi connectivity index (χ2n) is 8.37. The highest BCUT2D eigenvalue weighted by Crippen LogP contribution is 2.43. The van der Waals surface area contributed by atoms with Gasteiger partial charge in [-0.25, -0.2) is 0 Å². The van der Waals surface area contributed by atoms with E-state index in [1.54, 1.807) is 7.11 Å². The first kappa shape index (κ1) is 19.4. The molecular weight excluding hydrogens is 354 g/mol. The van der Waals surface area contributed by atoms with E-state index in [-0.39, 0.29) is 5.41 Å². The predicted octanol–water partition coefficient (Wildman–Crippen LogP) is 3.16. The lowest BCUT2D eigenvalue weighted by atomic mass is 9.69. The van der Waals surface area contributed by atoms with Crippen molar-refractivity contribution in [2.24, 2.45) is 10.9 Å². The first-order valence-electron chi connectivity index (χ1n) is 10.6. The quantitative estimate of drug-likeness (QED) is 0.621. The van der Waals surface area contributed by atoms with Gasteiger partial charge in [0.15, 0.2) is 17.5 Å². The van der Waals surface area contributed by atoms with E-state index >= 15 is 0 Å². The Hall–Kier alpha value is -1.95. The molecule has 1 unspecified atom stereocenters. The molecule has 1 saturated heterocycles. The summed E-state index contributed by atoms with van der Waals surface area (Å²) in [7, 11) is 3.67. The van der Waals surface area contributed by atoms with Crippen molar-refractivity contribution in [2.45, 2.75) is 43.9 Å². The smallest absolute Gasteiger partial charge is 0.231 e. The number of nitrogens with one attached hydrogen (secondary N) is 1. The van der Waals surface area contributed by atoms with Crippen molar-refractivity contribution < 1.29 is 14.2 Å². The van der Waals surface area contributed by atoms with Crippen molar-refractivity contribution in [3.8, 4) is 11.5 Å². The number of fused-ring (bicyclic) bond motifs is 1. The molecule has 4 rings (SSSR count). The maximum Gasteiger partial charge on any atom is 0.231 e. The summed E-state index contributed by atoms with van der Waals surface area (Å²) in [5.74, 6) is 3.36. The van der Waals surface area contributed by atoms with Gasteiger partial charge in [-0.1, -0.05) is 25.3 Å². The second-order valence-corrected chi connectivity index (χ2v) is 8.37. The van der Waals surface area contributed by atoms with E-state index < -0.39 is 0 Å². The fourth-order valence-electron chi connectivity index (χ4n) is 5.00. The normalized spacial score (nSPS) is 23.9. The molecule has 1 saturated carbocycles. The molecule has 28 heavy (non-hydrogen) atoms. The number of nitrogens with zero attached hydrogens (tertiary/aromatic N) is 2. The maximum atomic E-state index is 5.65. The zero-order chi connectivity index (χ0) is 19.4. The van der Waals surface area contributed by atoms with Crippen molar-refractivity contribution >= 4 is 5.96 Å². The van der Waals surface area contributed by atoms with Gasteiger partial charge in [0.1, 0.15) is 0 Å². The van der Waals surface area contributed by atoms with Crippen LogP contribution in [0.25, 0.3) is 0 Å². The van der Waals surface area contributed by atoms with E-state index in [2.05, 4.69) is 33.4 Å². The van der Waals surface area contributed by atoms with Gasteiger partial charge in [-0.15, -0.1) is 0 Å². The van der Waals surface area contributed by atoms with E-state index in [1.807, 2.05) is 7.05 Å². The molecule has 1 atom stereocenters. The van der Waals surface area contributed by atoms with Gasteiger partial charge < -0.3 is 24.4 Å². The first-order valence-corrected chi connectivity index (χ1v) is 10.6. The minimum Gasteiger partial charge on any atom is -0.454 e. The highest BCUT2D eigenvalue weighted by molar-refractivity contribution is 5.80. The standard InChI is InChI=1S/C22H33N3O3/c1-23-21(25-11-8-17(13-25)14-26-2)24-15-22(9-4-3-5-10-22)18-6-7-19-20(12-18)28-16-27-19/h6-7,12,17H,3-5,8-11,13-16H2,1-2H3,(H,23,24). The van der Waals surface area contributed by atoms with Gasteiger partial charge in [-0.05, 0) is 37.0 Å². The van der Waals surface area contributed by atoms with Crippen LogP contribution in [0.3, 0.4) is 0 Å². The van der Waals surface area contributed by atoms with Crippen molar-refractivity contribution in [2.75, 3.05) is 47.2 Å². The summed E-state index contributed by atoms with van der Waals surface area (Å²) in [6.45, 7) is 4.13. The molecule has 2 fully saturated rings. The Morgan fingerprint density at radius 1 is 1.25 bits per heavy atom. The maximum absolute atomic E-state index is 5.65. The largest absolute Gasteiger partial charge is 0.454 e. The topological polar surface area (TPSA) is 55.3 Å². The van der Waals surface area contributed by atoms with Gasteiger partial charge in [0, 0.05) is 45.1 Å². The summed E-state index contributed by atoms with van der Waals surface area (Å²) in [5, 5.41) is 3.71. The van der Waals surface area contributed by atoms with Crippen LogP contribution in [-0.2, 0) is 10.2 Å². The number of ether oxygens (including phenoxy) is 3. The highest BCUT2D eigenvalue weighted by atomic mass is 16.7. The van der Waals surface area contributed by atoms with E-state index in [9.17, 15) is 0 Å². The van der Waals surface area contributed by atoms with Crippen molar-refractivity contribution in [1.29, 1.82) is 0 Å². The van der Waals surface area contributed by atoms with Crippen molar-refractivity contribution in [3.05, 3.63) is 23.8 Å². The molecule has 154 valence electrons. The first-order chi connectivity index (χ1) is 13.7. The third-order valence-corrected chi connectivity index (χ3v) is 6.58. The van der Waals surface area contributed by atoms with E-state index in [4.69, 9.17) is 14.2 Å². The lowest BCUT2D eigenvalue weighted by Crippen LogP contribution is -2.47. The molecule has 0 amide bonds. The molecule has 0 radical (unpaired) electrons. The zero-order valence-electron chi connectivity index (χ0n) is 17.2. The Balaban J connectivity index is 1.48. The summed E-state index contributed by atoms with van der Waals surface area (Å²) < 4.78 is 16.5. The van der Waals surface area contributed by atoms with Crippen LogP contribution in [0.4, 0.5) is 0 Å². The van der Waals surface area contributed by atoms with Crippen molar-refractivity contribution in [1.82, 2.24) is 10.2 Å². The molecule has 2 aliphatic heterocycles. The number of hydrogen-bond acceptors (Lipinski definition) is 4. The molecule has 6 nitrogen and oxygen atoms in total. The number of rotatable bonds is 5. The Bertz CT molecular complexity index is 700. The van der Waals surface area contributed by atoms with Crippen LogP contribution in [-0.4, -0.2) is 58.1 Å². The lowest BCUT2D eigenvalue weighted by molar-refractivity contribution is 0.157. The molecule has 3 aliphatic rings. The zero-order valence-corrected chi connectivity index (χ0v) is 17.2. The van der Waals surface area contributed by atoms with Crippen LogP contribution in [0.1, 0.15) is 44.1 Å². The summed E-state index contributed by atoms with van der Waals surface area (Å²) in [4.78, 5) is 6.95. The molecule has 1 aromatic carbocycles. The van der Waals surface area contributed by atoms with Crippen LogP contribution in [0, 0.1) is 5.92 Å². The number of aliphatic imine (C=N–C) groups is 1.